The first kappa shape index (κ1) is 27.7. The Morgan fingerprint density at radius 1 is 0.489 bits per heavy atom. The third kappa shape index (κ3) is 5.19. The summed E-state index contributed by atoms with van der Waals surface area (Å²) in [5.74, 6) is 0. The molecule has 7 aromatic rings. The van der Waals surface area contributed by atoms with E-state index < -0.39 is 0 Å². The normalized spacial score (nSPS) is 12.7. The predicted molar refractivity (Wildman–Crippen MR) is 191 cm³/mol. The molecule has 4 nitrogen and oxygen atoms in total. The number of nitrogens with two attached hydrogens (primary N) is 1. The van der Waals surface area contributed by atoms with Crippen LogP contribution in [0, 0.1) is 10.8 Å². The SMILES string of the molecule is N=C1C=CC(c2c3ccccc3c(-c3cccc4ccccc34)c3ccccc23)=CC1=N.Nc1ccccc1-c1cccnc1. The van der Waals surface area contributed by atoms with Crippen molar-refractivity contribution < 1.29 is 0 Å². The van der Waals surface area contributed by atoms with E-state index in [1.165, 1.54) is 32.7 Å². The highest BCUT2D eigenvalue weighted by molar-refractivity contribution is 6.50. The lowest BCUT2D eigenvalue weighted by Gasteiger charge is -2.20. The molecular weight excluding hydrogens is 548 g/mol. The topological polar surface area (TPSA) is 86.6 Å². The van der Waals surface area contributed by atoms with E-state index in [1.807, 2.05) is 54.7 Å². The number of nitrogens with zero attached hydrogens (tertiary/aromatic N) is 1. The number of fused-ring (bicyclic) bond motifs is 3. The van der Waals surface area contributed by atoms with E-state index in [1.54, 1.807) is 12.3 Å². The highest BCUT2D eigenvalue weighted by Crippen LogP contribution is 2.44. The van der Waals surface area contributed by atoms with Gasteiger partial charge in [0, 0.05) is 29.2 Å². The highest BCUT2D eigenvalue weighted by atomic mass is 14.6. The Hall–Kier alpha value is -6.13. The molecule has 45 heavy (non-hydrogen) atoms. The summed E-state index contributed by atoms with van der Waals surface area (Å²) in [6, 6.07) is 43.8. The quantitative estimate of drug-likeness (QED) is 0.111. The number of aromatic nitrogens is 1. The summed E-state index contributed by atoms with van der Waals surface area (Å²) < 4.78 is 0. The van der Waals surface area contributed by atoms with Crippen molar-refractivity contribution in [1.82, 2.24) is 4.98 Å². The molecule has 0 saturated carbocycles. The lowest BCUT2D eigenvalue weighted by Crippen LogP contribution is -2.10. The lowest BCUT2D eigenvalue weighted by molar-refractivity contribution is 1.33. The maximum Gasteiger partial charge on any atom is 0.0795 e. The molecule has 0 amide bonds. The van der Waals surface area contributed by atoms with Gasteiger partial charge in [0.05, 0.1) is 11.4 Å². The fourth-order valence-corrected chi connectivity index (χ4v) is 6.15. The summed E-state index contributed by atoms with van der Waals surface area (Å²) in [5.41, 5.74) is 13.8. The van der Waals surface area contributed by atoms with Crippen molar-refractivity contribution in [2.24, 2.45) is 0 Å². The summed E-state index contributed by atoms with van der Waals surface area (Å²) in [6.45, 7) is 0. The molecular formula is C41H30N4. The second kappa shape index (κ2) is 11.9. The molecule has 8 rings (SSSR count). The van der Waals surface area contributed by atoms with Gasteiger partial charge in [0.1, 0.15) is 0 Å². The number of nitrogen functional groups attached to an aromatic ring is 1. The summed E-state index contributed by atoms with van der Waals surface area (Å²) >= 11 is 0. The summed E-state index contributed by atoms with van der Waals surface area (Å²) in [4.78, 5) is 4.05. The molecule has 6 aromatic carbocycles. The minimum Gasteiger partial charge on any atom is -0.398 e. The van der Waals surface area contributed by atoms with Gasteiger partial charge in [0.2, 0.25) is 0 Å². The molecule has 0 saturated heterocycles. The predicted octanol–water partition coefficient (Wildman–Crippen LogP) is 10.1. The van der Waals surface area contributed by atoms with Crippen LogP contribution in [-0.2, 0) is 0 Å². The van der Waals surface area contributed by atoms with E-state index in [0.717, 1.165) is 38.7 Å². The molecule has 1 aliphatic carbocycles. The van der Waals surface area contributed by atoms with Gasteiger partial charge in [-0.3, -0.25) is 15.8 Å². The number of rotatable bonds is 3. The molecule has 0 spiro atoms. The van der Waals surface area contributed by atoms with Crippen molar-refractivity contribution in [2.45, 2.75) is 0 Å². The molecule has 1 aromatic heterocycles. The average molecular weight is 579 g/mol. The standard InChI is InChI=1S/C30H20N2.C11H10N2/c31-27-17-16-20(18-28(27)32)29-23-11-3-5-13-25(23)30(26-14-6-4-12-24(26)29)22-15-7-9-19-8-1-2-10-21(19)22;12-11-6-2-1-5-10(11)9-4-3-7-13-8-9/h1-18,31-32H;1-8H,12H2. The first-order valence-corrected chi connectivity index (χ1v) is 14.8. The van der Waals surface area contributed by atoms with Crippen LogP contribution in [0.1, 0.15) is 5.56 Å². The molecule has 0 aliphatic heterocycles. The monoisotopic (exact) mass is 578 g/mol. The van der Waals surface area contributed by atoms with Crippen molar-refractivity contribution in [3.8, 4) is 22.3 Å². The molecule has 0 atom stereocenters. The molecule has 0 bridgehead atoms. The van der Waals surface area contributed by atoms with E-state index in [0.29, 0.717) is 0 Å². The molecule has 0 unspecified atom stereocenters. The zero-order chi connectivity index (χ0) is 30.8. The van der Waals surface area contributed by atoms with Crippen LogP contribution in [0.15, 0.2) is 158 Å². The zero-order valence-corrected chi connectivity index (χ0v) is 24.5. The molecule has 214 valence electrons. The van der Waals surface area contributed by atoms with Crippen molar-refractivity contribution in [3.63, 3.8) is 0 Å². The number of para-hydroxylation sites is 1. The number of benzene rings is 6. The molecule has 4 N–H and O–H groups in total. The van der Waals surface area contributed by atoms with Gasteiger partial charge >= 0.3 is 0 Å². The Morgan fingerprint density at radius 2 is 1.07 bits per heavy atom. The third-order valence-electron chi connectivity index (χ3n) is 8.23. The maximum atomic E-state index is 8.21. The summed E-state index contributed by atoms with van der Waals surface area (Å²) in [5, 5.41) is 23.3. The molecule has 1 aliphatic rings. The largest absolute Gasteiger partial charge is 0.398 e. The van der Waals surface area contributed by atoms with Crippen LogP contribution < -0.4 is 5.73 Å². The van der Waals surface area contributed by atoms with Crippen LogP contribution >= 0.6 is 0 Å². The summed E-state index contributed by atoms with van der Waals surface area (Å²) in [6.07, 6.45) is 9.06. The van der Waals surface area contributed by atoms with Crippen LogP contribution in [0.5, 0.6) is 0 Å². The number of pyridine rings is 1. The minimum absolute atomic E-state index is 0.244. The number of nitrogens with one attached hydrogen (secondary N) is 2. The van der Waals surface area contributed by atoms with Crippen molar-refractivity contribution in [2.75, 3.05) is 5.73 Å². The first-order valence-electron chi connectivity index (χ1n) is 14.8. The van der Waals surface area contributed by atoms with Crippen molar-refractivity contribution in [1.29, 1.82) is 10.8 Å². The minimum atomic E-state index is 0.244. The smallest absolute Gasteiger partial charge is 0.0795 e. The van der Waals surface area contributed by atoms with E-state index in [9.17, 15) is 0 Å². The van der Waals surface area contributed by atoms with E-state index in [4.69, 9.17) is 16.6 Å². The lowest BCUT2D eigenvalue weighted by atomic mass is 9.83. The molecule has 4 heteroatoms. The van der Waals surface area contributed by atoms with Gasteiger partial charge in [0.15, 0.2) is 0 Å². The van der Waals surface area contributed by atoms with Crippen LogP contribution in [0.25, 0.3) is 60.1 Å². The highest BCUT2D eigenvalue weighted by Gasteiger charge is 2.19. The van der Waals surface area contributed by atoms with Gasteiger partial charge in [0.25, 0.3) is 0 Å². The first-order chi connectivity index (χ1) is 22.1. The number of hydrogen-bond donors (Lipinski definition) is 3. The Bertz CT molecular complexity index is 2250. The summed E-state index contributed by atoms with van der Waals surface area (Å²) in [7, 11) is 0. The number of allylic oxidation sites excluding steroid dienone is 4. The number of anilines is 1. The van der Waals surface area contributed by atoms with Crippen LogP contribution in [-0.4, -0.2) is 16.4 Å². The van der Waals surface area contributed by atoms with E-state index in [-0.39, 0.29) is 11.4 Å². The maximum absolute atomic E-state index is 8.21. The average Bonchev–Trinajstić information content (AvgIpc) is 3.09. The zero-order valence-electron chi connectivity index (χ0n) is 24.5. The fourth-order valence-electron chi connectivity index (χ4n) is 6.15. The van der Waals surface area contributed by atoms with Gasteiger partial charge < -0.3 is 5.73 Å². The molecule has 0 fully saturated rings. The number of hydrogen-bond acceptors (Lipinski definition) is 4. The van der Waals surface area contributed by atoms with Gasteiger partial charge in [-0.25, -0.2) is 0 Å². The molecule has 1 heterocycles. The van der Waals surface area contributed by atoms with Crippen molar-refractivity contribution >= 4 is 55.0 Å². The Kier molecular flexibility index (Phi) is 7.30. The van der Waals surface area contributed by atoms with E-state index in [2.05, 4.69) is 96.0 Å². The third-order valence-corrected chi connectivity index (χ3v) is 8.23. The Labute approximate surface area is 261 Å². The van der Waals surface area contributed by atoms with Crippen LogP contribution in [0.2, 0.25) is 0 Å². The van der Waals surface area contributed by atoms with Crippen LogP contribution in [0.4, 0.5) is 5.69 Å². The van der Waals surface area contributed by atoms with Gasteiger partial charge in [-0.15, -0.1) is 0 Å². The fraction of sp³-hybridized carbons (Fsp3) is 0. The van der Waals surface area contributed by atoms with E-state index >= 15 is 0 Å². The molecule has 0 radical (unpaired) electrons. The Balaban J connectivity index is 0.000000209. The Morgan fingerprint density at radius 3 is 1.71 bits per heavy atom. The van der Waals surface area contributed by atoms with Crippen LogP contribution in [0.3, 0.4) is 0 Å². The van der Waals surface area contributed by atoms with Gasteiger partial charge in [-0.05, 0) is 78.9 Å². The van der Waals surface area contributed by atoms with Gasteiger partial charge in [-0.2, -0.15) is 0 Å². The second-order valence-corrected chi connectivity index (χ2v) is 11.0. The van der Waals surface area contributed by atoms with Crippen molar-refractivity contribution in [3.05, 3.63) is 164 Å². The van der Waals surface area contributed by atoms with Gasteiger partial charge in [-0.1, -0.05) is 121 Å². The second-order valence-electron chi connectivity index (χ2n) is 11.0.